The summed E-state index contributed by atoms with van der Waals surface area (Å²) in [6.45, 7) is 7.09. The van der Waals surface area contributed by atoms with Crippen molar-refractivity contribution in [3.63, 3.8) is 0 Å². The van der Waals surface area contributed by atoms with Gasteiger partial charge in [-0.25, -0.2) is 0 Å². The lowest BCUT2D eigenvalue weighted by Gasteiger charge is -2.51. The summed E-state index contributed by atoms with van der Waals surface area (Å²) in [4.78, 5) is 0. The van der Waals surface area contributed by atoms with Crippen LogP contribution < -0.4 is 5.73 Å². The number of aliphatic hydroxyl groups is 1. The van der Waals surface area contributed by atoms with Gasteiger partial charge in [0, 0.05) is 12.0 Å². The predicted octanol–water partition coefficient (Wildman–Crippen LogP) is 3.08. The molecule has 0 aliphatic heterocycles. The molecule has 1 rings (SSSR count). The molecule has 0 amide bonds. The molecule has 0 bridgehead atoms. The maximum atomic E-state index is 10.8. The summed E-state index contributed by atoms with van der Waals surface area (Å²) < 4.78 is 0. The van der Waals surface area contributed by atoms with Crippen LogP contribution in [0, 0.1) is 11.3 Å². The standard InChI is InChI=1S/C14H29NO/c1-4-12-8-7-9-13(10-12,11-15)14(16,5-2)6-3/h12,16H,4-11,15H2,1-3H3. The molecular formula is C14H29NO. The summed E-state index contributed by atoms with van der Waals surface area (Å²) in [6, 6.07) is 0. The number of hydrogen-bond acceptors (Lipinski definition) is 2. The minimum Gasteiger partial charge on any atom is -0.389 e. The first kappa shape index (κ1) is 14.0. The molecule has 2 atom stereocenters. The first-order valence-electron chi connectivity index (χ1n) is 7.00. The zero-order chi connectivity index (χ0) is 12.2. The summed E-state index contributed by atoms with van der Waals surface area (Å²) in [6.07, 6.45) is 7.68. The van der Waals surface area contributed by atoms with Crippen LogP contribution in [0.2, 0.25) is 0 Å². The SMILES string of the molecule is CCC1CCCC(CN)(C(O)(CC)CC)C1. The molecule has 2 heteroatoms. The van der Waals surface area contributed by atoms with Crippen molar-refractivity contribution in [1.82, 2.24) is 0 Å². The molecule has 0 aromatic rings. The summed E-state index contributed by atoms with van der Waals surface area (Å²) in [5, 5.41) is 10.8. The van der Waals surface area contributed by atoms with Crippen molar-refractivity contribution < 1.29 is 5.11 Å². The van der Waals surface area contributed by atoms with Gasteiger partial charge in [-0.2, -0.15) is 0 Å². The van der Waals surface area contributed by atoms with Crippen molar-refractivity contribution in [2.75, 3.05) is 6.54 Å². The Morgan fingerprint density at radius 3 is 2.38 bits per heavy atom. The fourth-order valence-electron chi connectivity index (χ4n) is 3.63. The van der Waals surface area contributed by atoms with Crippen LogP contribution in [0.1, 0.15) is 65.7 Å². The third-order valence-electron chi connectivity index (χ3n) is 5.07. The monoisotopic (exact) mass is 227 g/mol. The molecule has 3 N–H and O–H groups in total. The van der Waals surface area contributed by atoms with Crippen molar-refractivity contribution in [3.8, 4) is 0 Å². The van der Waals surface area contributed by atoms with Gasteiger partial charge >= 0.3 is 0 Å². The summed E-state index contributed by atoms with van der Waals surface area (Å²) in [7, 11) is 0. The third kappa shape index (κ3) is 2.28. The first-order chi connectivity index (χ1) is 7.57. The Kier molecular flexibility index (Phi) is 4.81. The van der Waals surface area contributed by atoms with E-state index in [0.29, 0.717) is 6.54 Å². The van der Waals surface area contributed by atoms with Crippen LogP contribution in [0.5, 0.6) is 0 Å². The Labute approximate surface area is 101 Å². The average molecular weight is 227 g/mol. The molecule has 96 valence electrons. The normalized spacial score (nSPS) is 31.7. The molecular weight excluding hydrogens is 198 g/mol. The van der Waals surface area contributed by atoms with Crippen LogP contribution in [0.4, 0.5) is 0 Å². The molecule has 2 unspecified atom stereocenters. The van der Waals surface area contributed by atoms with E-state index in [-0.39, 0.29) is 5.41 Å². The minimum atomic E-state index is -0.546. The van der Waals surface area contributed by atoms with Crippen LogP contribution in [-0.4, -0.2) is 17.3 Å². The van der Waals surface area contributed by atoms with Crippen molar-refractivity contribution in [3.05, 3.63) is 0 Å². The fourth-order valence-corrected chi connectivity index (χ4v) is 3.63. The molecule has 0 heterocycles. The van der Waals surface area contributed by atoms with Crippen molar-refractivity contribution in [2.45, 2.75) is 71.3 Å². The number of hydrogen-bond donors (Lipinski definition) is 2. The Hall–Kier alpha value is -0.0800. The second-order valence-electron chi connectivity index (χ2n) is 5.59. The molecule has 1 fully saturated rings. The first-order valence-corrected chi connectivity index (χ1v) is 7.00. The van der Waals surface area contributed by atoms with Crippen molar-refractivity contribution in [1.29, 1.82) is 0 Å². The maximum absolute atomic E-state index is 10.8. The van der Waals surface area contributed by atoms with Gasteiger partial charge < -0.3 is 10.8 Å². The van der Waals surface area contributed by atoms with Crippen molar-refractivity contribution >= 4 is 0 Å². The van der Waals surface area contributed by atoms with Crippen LogP contribution in [-0.2, 0) is 0 Å². The highest BCUT2D eigenvalue weighted by molar-refractivity contribution is 5.01. The molecule has 1 saturated carbocycles. The van der Waals surface area contributed by atoms with Crippen LogP contribution in [0.25, 0.3) is 0 Å². The minimum absolute atomic E-state index is 0.0184. The molecule has 0 spiro atoms. The zero-order valence-corrected chi connectivity index (χ0v) is 11.3. The summed E-state index contributed by atoms with van der Waals surface area (Å²) >= 11 is 0. The largest absolute Gasteiger partial charge is 0.389 e. The van der Waals surface area contributed by atoms with E-state index in [2.05, 4.69) is 20.8 Å². The topological polar surface area (TPSA) is 46.2 Å². The Morgan fingerprint density at radius 1 is 1.31 bits per heavy atom. The third-order valence-corrected chi connectivity index (χ3v) is 5.07. The second kappa shape index (κ2) is 5.50. The second-order valence-corrected chi connectivity index (χ2v) is 5.59. The predicted molar refractivity (Wildman–Crippen MR) is 69.3 cm³/mol. The van der Waals surface area contributed by atoms with E-state index < -0.39 is 5.60 Å². The highest BCUT2D eigenvalue weighted by Gasteiger charge is 2.48. The van der Waals surface area contributed by atoms with E-state index in [1.807, 2.05) is 0 Å². The fraction of sp³-hybridized carbons (Fsp3) is 1.00. The van der Waals surface area contributed by atoms with E-state index in [4.69, 9.17) is 5.73 Å². The molecule has 16 heavy (non-hydrogen) atoms. The van der Waals surface area contributed by atoms with Crippen LogP contribution in [0.15, 0.2) is 0 Å². The zero-order valence-electron chi connectivity index (χ0n) is 11.3. The van der Waals surface area contributed by atoms with Gasteiger partial charge in [0.2, 0.25) is 0 Å². The number of rotatable bonds is 5. The lowest BCUT2D eigenvalue weighted by Crippen LogP contribution is -2.54. The summed E-state index contributed by atoms with van der Waals surface area (Å²) in [5.74, 6) is 0.766. The lowest BCUT2D eigenvalue weighted by atomic mass is 9.58. The molecule has 1 aliphatic carbocycles. The molecule has 2 nitrogen and oxygen atoms in total. The molecule has 0 aromatic carbocycles. The Balaban J connectivity index is 2.91. The quantitative estimate of drug-likeness (QED) is 0.758. The smallest absolute Gasteiger partial charge is 0.0710 e. The van der Waals surface area contributed by atoms with Gasteiger partial charge in [-0.3, -0.25) is 0 Å². The molecule has 0 radical (unpaired) electrons. The Morgan fingerprint density at radius 2 is 1.94 bits per heavy atom. The summed E-state index contributed by atoms with van der Waals surface area (Å²) in [5.41, 5.74) is 5.47. The average Bonchev–Trinajstić information content (AvgIpc) is 2.37. The highest BCUT2D eigenvalue weighted by atomic mass is 16.3. The van der Waals surface area contributed by atoms with Crippen LogP contribution >= 0.6 is 0 Å². The molecule has 1 aliphatic rings. The van der Waals surface area contributed by atoms with Crippen molar-refractivity contribution in [2.24, 2.45) is 17.1 Å². The van der Waals surface area contributed by atoms with Gasteiger partial charge in [0.15, 0.2) is 0 Å². The van der Waals surface area contributed by atoms with Gasteiger partial charge in [0.25, 0.3) is 0 Å². The van der Waals surface area contributed by atoms with Gasteiger partial charge in [-0.05, 0) is 31.6 Å². The highest BCUT2D eigenvalue weighted by Crippen LogP contribution is 2.49. The van der Waals surface area contributed by atoms with E-state index in [1.165, 1.54) is 19.3 Å². The molecule has 0 saturated heterocycles. The molecule has 0 aromatic heterocycles. The van der Waals surface area contributed by atoms with Gasteiger partial charge in [0.1, 0.15) is 0 Å². The van der Waals surface area contributed by atoms with Gasteiger partial charge in [-0.1, -0.05) is 40.0 Å². The van der Waals surface area contributed by atoms with E-state index in [9.17, 15) is 5.11 Å². The van der Waals surface area contributed by atoms with E-state index in [1.54, 1.807) is 0 Å². The lowest BCUT2D eigenvalue weighted by molar-refractivity contribution is -0.114. The van der Waals surface area contributed by atoms with E-state index >= 15 is 0 Å². The Bertz CT molecular complexity index is 213. The van der Waals surface area contributed by atoms with Gasteiger partial charge in [-0.15, -0.1) is 0 Å². The van der Waals surface area contributed by atoms with Gasteiger partial charge in [0.05, 0.1) is 5.60 Å². The number of nitrogens with two attached hydrogens (primary N) is 1. The van der Waals surface area contributed by atoms with Crippen LogP contribution in [0.3, 0.4) is 0 Å². The van der Waals surface area contributed by atoms with E-state index in [0.717, 1.165) is 31.6 Å². The maximum Gasteiger partial charge on any atom is 0.0710 e.